The maximum atomic E-state index is 11.7. The van der Waals surface area contributed by atoms with Crippen molar-refractivity contribution in [3.63, 3.8) is 0 Å². The van der Waals surface area contributed by atoms with Crippen LogP contribution in [0.2, 0.25) is 0 Å². The lowest BCUT2D eigenvalue weighted by Crippen LogP contribution is -2.29. The van der Waals surface area contributed by atoms with Gasteiger partial charge in [0, 0.05) is 6.54 Å². The molecule has 7 nitrogen and oxygen atoms in total. The van der Waals surface area contributed by atoms with Crippen molar-refractivity contribution in [1.29, 1.82) is 5.26 Å². The molecule has 0 aliphatic heterocycles. The number of nitrogens with one attached hydrogen (secondary N) is 1. The monoisotopic (exact) mass is 306 g/mol. The summed E-state index contributed by atoms with van der Waals surface area (Å²) in [6.07, 6.45) is 0.233. The number of amides is 1. The SMILES string of the molecule is COc1ccc(CC(=O)OCC(=O)NCCC#N)cc1OC. The Bertz CT molecular complexity index is 566. The van der Waals surface area contributed by atoms with E-state index in [-0.39, 0.29) is 26.0 Å². The third-order valence-electron chi connectivity index (χ3n) is 2.72. The highest BCUT2D eigenvalue weighted by Gasteiger charge is 2.11. The van der Waals surface area contributed by atoms with Gasteiger partial charge in [0.15, 0.2) is 18.1 Å². The molecule has 0 spiro atoms. The normalized spacial score (nSPS) is 9.50. The molecule has 7 heteroatoms. The van der Waals surface area contributed by atoms with Gasteiger partial charge in [-0.2, -0.15) is 5.26 Å². The largest absolute Gasteiger partial charge is 0.493 e. The summed E-state index contributed by atoms with van der Waals surface area (Å²) < 4.78 is 15.1. The van der Waals surface area contributed by atoms with Crippen LogP contribution in [-0.2, 0) is 20.7 Å². The van der Waals surface area contributed by atoms with E-state index in [0.717, 1.165) is 0 Å². The summed E-state index contributed by atoms with van der Waals surface area (Å²) in [4.78, 5) is 23.0. The minimum Gasteiger partial charge on any atom is -0.493 e. The summed E-state index contributed by atoms with van der Waals surface area (Å²) in [5.41, 5.74) is 0.688. The number of carbonyl (C=O) groups excluding carboxylic acids is 2. The van der Waals surface area contributed by atoms with Gasteiger partial charge < -0.3 is 19.5 Å². The van der Waals surface area contributed by atoms with Crippen molar-refractivity contribution in [3.05, 3.63) is 23.8 Å². The van der Waals surface area contributed by atoms with Gasteiger partial charge in [-0.05, 0) is 17.7 Å². The number of nitrogens with zero attached hydrogens (tertiary/aromatic N) is 1. The molecule has 0 bridgehead atoms. The van der Waals surface area contributed by atoms with Crippen LogP contribution in [0.1, 0.15) is 12.0 Å². The molecule has 1 rings (SSSR count). The summed E-state index contributed by atoms with van der Waals surface area (Å²) in [6.45, 7) is -0.125. The fourth-order valence-electron chi connectivity index (χ4n) is 1.66. The van der Waals surface area contributed by atoms with Crippen molar-refractivity contribution in [2.24, 2.45) is 0 Å². The smallest absolute Gasteiger partial charge is 0.310 e. The third-order valence-corrected chi connectivity index (χ3v) is 2.72. The molecule has 1 aromatic carbocycles. The maximum absolute atomic E-state index is 11.7. The van der Waals surface area contributed by atoms with Crippen LogP contribution in [-0.4, -0.2) is 39.2 Å². The number of carbonyl (C=O) groups is 2. The lowest BCUT2D eigenvalue weighted by molar-refractivity contribution is -0.147. The number of hydrogen-bond acceptors (Lipinski definition) is 6. The van der Waals surface area contributed by atoms with Crippen LogP contribution in [0, 0.1) is 11.3 Å². The summed E-state index contributed by atoms with van der Waals surface area (Å²) in [5, 5.41) is 10.8. The van der Waals surface area contributed by atoms with Crippen LogP contribution in [0.25, 0.3) is 0 Å². The van der Waals surface area contributed by atoms with Gasteiger partial charge in [-0.1, -0.05) is 6.07 Å². The molecular weight excluding hydrogens is 288 g/mol. The highest BCUT2D eigenvalue weighted by atomic mass is 16.5. The third kappa shape index (κ3) is 5.71. The van der Waals surface area contributed by atoms with Crippen molar-refractivity contribution in [1.82, 2.24) is 5.32 Å². The molecule has 22 heavy (non-hydrogen) atoms. The second-order valence-corrected chi connectivity index (χ2v) is 4.28. The molecule has 118 valence electrons. The molecule has 0 aromatic heterocycles. The predicted octanol–water partition coefficient (Wildman–Crippen LogP) is 0.819. The second-order valence-electron chi connectivity index (χ2n) is 4.28. The zero-order valence-corrected chi connectivity index (χ0v) is 12.5. The highest BCUT2D eigenvalue weighted by Crippen LogP contribution is 2.27. The zero-order valence-electron chi connectivity index (χ0n) is 12.5. The maximum Gasteiger partial charge on any atom is 0.310 e. The number of esters is 1. The molecular formula is C15H18N2O5. The number of nitriles is 1. The van der Waals surface area contributed by atoms with Crippen molar-refractivity contribution in [2.75, 3.05) is 27.4 Å². The molecule has 0 fully saturated rings. The first-order valence-corrected chi connectivity index (χ1v) is 6.61. The van der Waals surface area contributed by atoms with E-state index in [1.54, 1.807) is 18.2 Å². The van der Waals surface area contributed by atoms with E-state index in [2.05, 4.69) is 5.32 Å². The molecule has 1 aromatic rings. The number of rotatable bonds is 8. The van der Waals surface area contributed by atoms with Gasteiger partial charge >= 0.3 is 5.97 Å². The van der Waals surface area contributed by atoms with Gasteiger partial charge in [0.2, 0.25) is 0 Å². The van der Waals surface area contributed by atoms with Gasteiger partial charge in [-0.3, -0.25) is 9.59 Å². The quantitative estimate of drug-likeness (QED) is 0.564. The topological polar surface area (TPSA) is 97.6 Å². The van der Waals surface area contributed by atoms with E-state index in [9.17, 15) is 9.59 Å². The number of methoxy groups -OCH3 is 2. The van der Waals surface area contributed by atoms with Crippen LogP contribution in [0.5, 0.6) is 11.5 Å². The molecule has 0 heterocycles. The van der Waals surface area contributed by atoms with Gasteiger partial charge in [0.1, 0.15) is 0 Å². The molecule has 0 aliphatic rings. The zero-order chi connectivity index (χ0) is 16.4. The van der Waals surface area contributed by atoms with Crippen molar-refractivity contribution < 1.29 is 23.8 Å². The fourth-order valence-corrected chi connectivity index (χ4v) is 1.66. The first-order valence-electron chi connectivity index (χ1n) is 6.61. The Morgan fingerprint density at radius 2 is 1.95 bits per heavy atom. The van der Waals surface area contributed by atoms with Gasteiger partial charge in [-0.15, -0.1) is 0 Å². The highest BCUT2D eigenvalue weighted by molar-refractivity contribution is 5.81. The van der Waals surface area contributed by atoms with E-state index >= 15 is 0 Å². The molecule has 1 amide bonds. The Kier molecular flexibility index (Phi) is 7.26. The predicted molar refractivity (Wildman–Crippen MR) is 77.4 cm³/mol. The average Bonchev–Trinajstić information content (AvgIpc) is 2.53. The number of hydrogen-bond donors (Lipinski definition) is 1. The van der Waals surface area contributed by atoms with Crippen molar-refractivity contribution >= 4 is 11.9 Å². The van der Waals surface area contributed by atoms with E-state index < -0.39 is 11.9 Å². The molecule has 0 saturated heterocycles. The lowest BCUT2D eigenvalue weighted by Gasteiger charge is -2.09. The van der Waals surface area contributed by atoms with E-state index in [0.29, 0.717) is 17.1 Å². The first-order chi connectivity index (χ1) is 10.6. The fraction of sp³-hybridized carbons (Fsp3) is 0.400. The van der Waals surface area contributed by atoms with Gasteiger partial charge in [0.25, 0.3) is 5.91 Å². The van der Waals surface area contributed by atoms with Crippen LogP contribution < -0.4 is 14.8 Å². The summed E-state index contributed by atoms with van der Waals surface area (Å²) in [7, 11) is 3.03. The average molecular weight is 306 g/mol. The Balaban J connectivity index is 2.45. The molecule has 0 radical (unpaired) electrons. The molecule has 0 unspecified atom stereocenters. The van der Waals surface area contributed by atoms with Gasteiger partial charge in [0.05, 0.1) is 33.1 Å². The lowest BCUT2D eigenvalue weighted by atomic mass is 10.1. The molecule has 0 saturated carbocycles. The molecule has 1 N–H and O–H groups in total. The number of benzene rings is 1. The van der Waals surface area contributed by atoms with Crippen LogP contribution >= 0.6 is 0 Å². The molecule has 0 aliphatic carbocycles. The standard InChI is InChI=1S/C15H18N2O5/c1-20-12-5-4-11(8-13(12)21-2)9-15(19)22-10-14(18)17-7-3-6-16/h4-5,8H,3,7,9-10H2,1-2H3,(H,17,18). The second kappa shape index (κ2) is 9.23. The molecule has 0 atom stereocenters. The van der Waals surface area contributed by atoms with E-state index in [4.69, 9.17) is 19.5 Å². The Hall–Kier alpha value is -2.75. The van der Waals surface area contributed by atoms with Crippen molar-refractivity contribution in [2.45, 2.75) is 12.8 Å². The summed E-state index contributed by atoms with van der Waals surface area (Å²) >= 11 is 0. The van der Waals surface area contributed by atoms with E-state index in [1.807, 2.05) is 6.07 Å². The van der Waals surface area contributed by atoms with Gasteiger partial charge in [-0.25, -0.2) is 0 Å². The van der Waals surface area contributed by atoms with Crippen LogP contribution in [0.3, 0.4) is 0 Å². The summed E-state index contributed by atoms with van der Waals surface area (Å²) in [5.74, 6) is 0.122. The van der Waals surface area contributed by atoms with Crippen molar-refractivity contribution in [3.8, 4) is 17.6 Å². The Morgan fingerprint density at radius 1 is 1.23 bits per heavy atom. The van der Waals surface area contributed by atoms with Crippen LogP contribution in [0.15, 0.2) is 18.2 Å². The first kappa shape index (κ1) is 17.3. The summed E-state index contributed by atoms with van der Waals surface area (Å²) in [6, 6.07) is 6.98. The Labute approximate surface area is 128 Å². The minimum atomic E-state index is -0.525. The minimum absolute atomic E-state index is 0.0197. The van der Waals surface area contributed by atoms with E-state index in [1.165, 1.54) is 14.2 Å². The number of ether oxygens (including phenoxy) is 3. The Morgan fingerprint density at radius 3 is 2.59 bits per heavy atom. The van der Waals surface area contributed by atoms with Crippen LogP contribution in [0.4, 0.5) is 0 Å².